The van der Waals surface area contributed by atoms with Gasteiger partial charge in [-0.3, -0.25) is 0 Å². The summed E-state index contributed by atoms with van der Waals surface area (Å²) in [6, 6.07) is 1.10. The first-order valence-corrected chi connectivity index (χ1v) is 7.69. The molecule has 0 atom stereocenters. The fourth-order valence-electron chi connectivity index (χ4n) is 0.825. The van der Waals surface area contributed by atoms with Gasteiger partial charge in [-0.15, -0.1) is 0 Å². The Balaban J connectivity index is 3.51. The zero-order chi connectivity index (χ0) is 8.74. The van der Waals surface area contributed by atoms with Crippen LogP contribution in [-0.4, -0.2) is 34.8 Å². The lowest BCUT2D eigenvalue weighted by atomic mass is 10.6. The highest BCUT2D eigenvalue weighted by atomic mass is 32.2. The molecule has 0 aliphatic carbocycles. The van der Waals surface area contributed by atoms with E-state index in [0.29, 0.717) is 0 Å². The van der Waals surface area contributed by atoms with Crippen LogP contribution in [0.4, 0.5) is 0 Å². The standard InChI is InChI=1S/C7H18O2SSi/c1-8-11(4,9-2)7-5-6-10-3/h5-7H2,1-4H3. The Hall–Kier alpha value is 0.487. The van der Waals surface area contributed by atoms with Gasteiger partial charge in [-0.1, -0.05) is 0 Å². The number of rotatable bonds is 6. The third kappa shape index (κ3) is 4.84. The summed E-state index contributed by atoms with van der Waals surface area (Å²) in [6.07, 6.45) is 3.32. The van der Waals surface area contributed by atoms with Gasteiger partial charge in [0.2, 0.25) is 0 Å². The minimum Gasteiger partial charge on any atom is -0.398 e. The monoisotopic (exact) mass is 194 g/mol. The fourth-order valence-corrected chi connectivity index (χ4v) is 2.91. The number of hydrogen-bond donors (Lipinski definition) is 0. The Morgan fingerprint density at radius 1 is 1.27 bits per heavy atom. The summed E-state index contributed by atoms with van der Waals surface area (Å²) in [7, 11) is 1.74. The van der Waals surface area contributed by atoms with Crippen molar-refractivity contribution in [2.24, 2.45) is 0 Å². The molecule has 0 aliphatic heterocycles. The number of hydrogen-bond acceptors (Lipinski definition) is 3. The highest BCUT2D eigenvalue weighted by Gasteiger charge is 2.27. The van der Waals surface area contributed by atoms with Crippen LogP contribution in [0.5, 0.6) is 0 Å². The second kappa shape index (κ2) is 6.05. The Morgan fingerprint density at radius 3 is 2.18 bits per heavy atom. The molecule has 0 radical (unpaired) electrons. The Morgan fingerprint density at radius 2 is 1.82 bits per heavy atom. The van der Waals surface area contributed by atoms with Crippen LogP contribution in [0.2, 0.25) is 12.6 Å². The maximum atomic E-state index is 5.34. The first-order valence-electron chi connectivity index (χ1n) is 3.78. The van der Waals surface area contributed by atoms with Gasteiger partial charge in [0.05, 0.1) is 0 Å². The van der Waals surface area contributed by atoms with Gasteiger partial charge in [-0.2, -0.15) is 11.8 Å². The van der Waals surface area contributed by atoms with Gasteiger partial charge >= 0.3 is 8.56 Å². The van der Waals surface area contributed by atoms with E-state index in [2.05, 4.69) is 12.8 Å². The zero-order valence-electron chi connectivity index (χ0n) is 7.85. The van der Waals surface area contributed by atoms with Crippen LogP contribution in [0.1, 0.15) is 6.42 Å². The molecule has 68 valence electrons. The van der Waals surface area contributed by atoms with E-state index < -0.39 is 8.56 Å². The van der Waals surface area contributed by atoms with E-state index >= 15 is 0 Å². The number of thioether (sulfide) groups is 1. The van der Waals surface area contributed by atoms with Gasteiger partial charge in [0.15, 0.2) is 0 Å². The van der Waals surface area contributed by atoms with Crippen molar-refractivity contribution in [1.82, 2.24) is 0 Å². The molecule has 0 N–H and O–H groups in total. The van der Waals surface area contributed by atoms with E-state index in [0.717, 1.165) is 6.04 Å². The molecule has 0 unspecified atom stereocenters. The van der Waals surface area contributed by atoms with Crippen molar-refractivity contribution in [2.75, 3.05) is 26.2 Å². The topological polar surface area (TPSA) is 18.5 Å². The van der Waals surface area contributed by atoms with Gasteiger partial charge in [0.1, 0.15) is 0 Å². The summed E-state index contributed by atoms with van der Waals surface area (Å²) < 4.78 is 10.7. The molecule has 0 bridgehead atoms. The molecule has 0 aliphatic rings. The molecule has 0 rings (SSSR count). The van der Waals surface area contributed by atoms with E-state index in [1.54, 1.807) is 14.2 Å². The van der Waals surface area contributed by atoms with Crippen LogP contribution in [0.25, 0.3) is 0 Å². The van der Waals surface area contributed by atoms with E-state index in [4.69, 9.17) is 8.85 Å². The van der Waals surface area contributed by atoms with E-state index in [1.165, 1.54) is 12.2 Å². The molecular weight excluding hydrogens is 176 g/mol. The predicted octanol–water partition coefficient (Wildman–Crippen LogP) is 2.10. The zero-order valence-corrected chi connectivity index (χ0v) is 9.66. The molecule has 0 amide bonds. The van der Waals surface area contributed by atoms with Crippen LogP contribution in [0.15, 0.2) is 0 Å². The highest BCUT2D eigenvalue weighted by Crippen LogP contribution is 2.14. The van der Waals surface area contributed by atoms with Crippen molar-refractivity contribution in [3.05, 3.63) is 0 Å². The van der Waals surface area contributed by atoms with Gasteiger partial charge < -0.3 is 8.85 Å². The maximum absolute atomic E-state index is 5.34. The summed E-state index contributed by atoms with van der Waals surface area (Å²) in [5.41, 5.74) is 0. The first kappa shape index (κ1) is 11.5. The molecule has 0 fully saturated rings. The maximum Gasteiger partial charge on any atom is 0.334 e. The third-order valence-electron chi connectivity index (χ3n) is 1.84. The summed E-state index contributed by atoms with van der Waals surface area (Å²) in [6.45, 7) is 2.10. The molecule has 0 saturated heterocycles. The normalized spacial score (nSPS) is 12.0. The smallest absolute Gasteiger partial charge is 0.334 e. The van der Waals surface area contributed by atoms with Crippen molar-refractivity contribution in [3.63, 3.8) is 0 Å². The molecular formula is C7H18O2SSi. The van der Waals surface area contributed by atoms with Gasteiger partial charge in [0.25, 0.3) is 0 Å². The highest BCUT2D eigenvalue weighted by molar-refractivity contribution is 7.98. The summed E-state index contributed by atoms with van der Waals surface area (Å²) in [5.74, 6) is 1.20. The van der Waals surface area contributed by atoms with Gasteiger partial charge in [0, 0.05) is 14.2 Å². The molecule has 0 aromatic heterocycles. The van der Waals surface area contributed by atoms with Gasteiger partial charge in [-0.25, -0.2) is 0 Å². The molecule has 0 aromatic carbocycles. The Labute approximate surface area is 74.9 Å². The predicted molar refractivity (Wildman–Crippen MR) is 53.4 cm³/mol. The van der Waals surface area contributed by atoms with Crippen LogP contribution in [0.3, 0.4) is 0 Å². The van der Waals surface area contributed by atoms with Gasteiger partial charge in [-0.05, 0) is 31.0 Å². The first-order chi connectivity index (χ1) is 5.18. The lowest BCUT2D eigenvalue weighted by Gasteiger charge is -2.22. The summed E-state index contributed by atoms with van der Waals surface area (Å²) >= 11 is 1.87. The van der Waals surface area contributed by atoms with Crippen molar-refractivity contribution >= 4 is 20.3 Å². The minimum atomic E-state index is -1.75. The molecule has 0 saturated carbocycles. The SMILES string of the molecule is CO[Si](C)(CCCSC)OC. The summed E-state index contributed by atoms with van der Waals surface area (Å²) in [4.78, 5) is 0. The van der Waals surface area contributed by atoms with Crippen molar-refractivity contribution in [1.29, 1.82) is 0 Å². The van der Waals surface area contributed by atoms with E-state index in [9.17, 15) is 0 Å². The second-order valence-electron chi connectivity index (χ2n) is 2.64. The van der Waals surface area contributed by atoms with E-state index in [-0.39, 0.29) is 0 Å². The molecule has 0 heterocycles. The molecule has 4 heteroatoms. The van der Waals surface area contributed by atoms with Crippen molar-refractivity contribution < 1.29 is 8.85 Å². The fraction of sp³-hybridized carbons (Fsp3) is 1.00. The van der Waals surface area contributed by atoms with Crippen LogP contribution in [-0.2, 0) is 8.85 Å². The van der Waals surface area contributed by atoms with Crippen LogP contribution >= 0.6 is 11.8 Å². The minimum absolute atomic E-state index is 1.10. The molecule has 0 aromatic rings. The third-order valence-corrected chi connectivity index (χ3v) is 5.53. The van der Waals surface area contributed by atoms with Crippen LogP contribution in [0, 0.1) is 0 Å². The van der Waals surface area contributed by atoms with Crippen molar-refractivity contribution in [2.45, 2.75) is 19.0 Å². The average Bonchev–Trinajstić information content (AvgIpc) is 2.05. The lowest BCUT2D eigenvalue weighted by molar-refractivity contribution is 0.249. The van der Waals surface area contributed by atoms with Crippen LogP contribution < -0.4 is 0 Å². The van der Waals surface area contributed by atoms with E-state index in [1.807, 2.05) is 11.8 Å². The molecule has 2 nitrogen and oxygen atoms in total. The largest absolute Gasteiger partial charge is 0.398 e. The average molecular weight is 194 g/mol. The molecule has 11 heavy (non-hydrogen) atoms. The Kier molecular flexibility index (Phi) is 6.32. The Bertz CT molecular complexity index is 96.4. The second-order valence-corrected chi connectivity index (χ2v) is 7.21. The van der Waals surface area contributed by atoms with Crippen molar-refractivity contribution in [3.8, 4) is 0 Å². The lowest BCUT2D eigenvalue weighted by Crippen LogP contribution is -2.35. The summed E-state index contributed by atoms with van der Waals surface area (Å²) in [5, 5.41) is 0. The molecule has 0 spiro atoms. The quantitative estimate of drug-likeness (QED) is 0.476.